The maximum Gasteiger partial charge on any atom is 0.343 e. The van der Waals surface area contributed by atoms with Crippen LogP contribution in [-0.4, -0.2) is 49.2 Å². The molecule has 0 unspecified atom stereocenters. The maximum atomic E-state index is 12.3. The second-order valence-corrected chi connectivity index (χ2v) is 4.63. The third kappa shape index (κ3) is 2.73. The molecule has 0 atom stereocenters. The van der Waals surface area contributed by atoms with Crippen molar-refractivity contribution >= 4 is 17.6 Å². The lowest BCUT2D eigenvalue weighted by Crippen LogP contribution is -2.41. The molecule has 1 aliphatic rings. The summed E-state index contributed by atoms with van der Waals surface area (Å²) in [6.45, 7) is 0. The predicted octanol–water partition coefficient (Wildman–Crippen LogP) is -0.890. The van der Waals surface area contributed by atoms with Gasteiger partial charge in [0.1, 0.15) is 5.70 Å². The lowest BCUT2D eigenvalue weighted by Gasteiger charge is -2.26. The number of urea groups is 1. The maximum absolute atomic E-state index is 12.3. The van der Waals surface area contributed by atoms with Crippen LogP contribution in [0.3, 0.4) is 0 Å². The van der Waals surface area contributed by atoms with Crippen molar-refractivity contribution in [3.63, 3.8) is 0 Å². The van der Waals surface area contributed by atoms with Crippen molar-refractivity contribution in [3.8, 4) is 0 Å². The molecule has 2 rings (SSSR count). The number of ketones is 2. The molecule has 0 bridgehead atoms. The van der Waals surface area contributed by atoms with Gasteiger partial charge in [0.2, 0.25) is 5.78 Å². The molecule has 6 N–H and O–H groups in total. The number of hydrogen-bond donors (Lipinski definition) is 5. The molecule has 0 saturated heterocycles. The van der Waals surface area contributed by atoms with Gasteiger partial charge in [-0.3, -0.25) is 14.8 Å². The SMILES string of the molecule is NC(=O)N(O)C1=C(CC(O)(O)O)C(=O)c2ccccc2C1=O. The van der Waals surface area contributed by atoms with Gasteiger partial charge in [0, 0.05) is 16.7 Å². The normalized spacial score (nSPS) is 14.9. The number of primary amides is 1. The van der Waals surface area contributed by atoms with Gasteiger partial charge in [-0.05, 0) is 0 Å². The minimum Gasteiger partial charge on any atom is -0.349 e. The van der Waals surface area contributed by atoms with E-state index < -0.39 is 41.3 Å². The average molecular weight is 308 g/mol. The number of nitrogens with zero attached hydrogens (tertiary/aromatic N) is 1. The Morgan fingerprint density at radius 1 is 1.09 bits per heavy atom. The van der Waals surface area contributed by atoms with E-state index in [9.17, 15) is 19.6 Å². The molecular formula is C13H12N2O7. The quantitative estimate of drug-likeness (QED) is 0.275. The van der Waals surface area contributed by atoms with E-state index in [0.717, 1.165) is 0 Å². The predicted molar refractivity (Wildman–Crippen MR) is 69.3 cm³/mol. The molecule has 0 spiro atoms. The first-order valence-corrected chi connectivity index (χ1v) is 6.00. The smallest absolute Gasteiger partial charge is 0.343 e. The monoisotopic (exact) mass is 308 g/mol. The summed E-state index contributed by atoms with van der Waals surface area (Å²) >= 11 is 0. The number of allylic oxidation sites excluding steroid dienone is 1. The topological polar surface area (TPSA) is 161 Å². The van der Waals surface area contributed by atoms with Gasteiger partial charge in [-0.2, -0.15) is 5.06 Å². The van der Waals surface area contributed by atoms with Crippen LogP contribution < -0.4 is 5.73 Å². The standard InChI is InChI=1S/C13H12N2O7/c14-12(18)15(22)9-8(5-13(19,20)21)10(16)6-3-1-2-4-7(6)11(9)17/h1-4,19-22H,5H2,(H2,14,18). The molecule has 116 valence electrons. The Morgan fingerprint density at radius 3 is 2.05 bits per heavy atom. The summed E-state index contributed by atoms with van der Waals surface area (Å²) in [6, 6.07) is 4.10. The summed E-state index contributed by atoms with van der Waals surface area (Å²) in [7, 11) is 0. The Morgan fingerprint density at radius 2 is 1.59 bits per heavy atom. The zero-order valence-electron chi connectivity index (χ0n) is 11.1. The van der Waals surface area contributed by atoms with Crippen LogP contribution in [0.2, 0.25) is 0 Å². The number of nitrogens with two attached hydrogens (primary N) is 1. The van der Waals surface area contributed by atoms with Crippen molar-refractivity contribution in [3.05, 3.63) is 46.7 Å². The van der Waals surface area contributed by atoms with Crippen molar-refractivity contribution in [1.29, 1.82) is 0 Å². The first kappa shape index (κ1) is 15.8. The molecule has 2 amide bonds. The first-order chi connectivity index (χ1) is 10.1. The zero-order valence-corrected chi connectivity index (χ0v) is 11.1. The summed E-state index contributed by atoms with van der Waals surface area (Å²) in [5.41, 5.74) is 3.23. The van der Waals surface area contributed by atoms with Crippen LogP contribution in [0.1, 0.15) is 27.1 Å². The summed E-state index contributed by atoms with van der Waals surface area (Å²) in [6.07, 6.45) is -1.11. The molecule has 1 aromatic rings. The van der Waals surface area contributed by atoms with Gasteiger partial charge in [-0.1, -0.05) is 24.3 Å². The van der Waals surface area contributed by atoms with Crippen LogP contribution in [-0.2, 0) is 0 Å². The molecule has 0 aromatic heterocycles. The number of carbonyl (C=O) groups excluding carboxylic acids is 3. The number of carbonyl (C=O) groups is 3. The number of amides is 2. The van der Waals surface area contributed by atoms with Crippen LogP contribution in [0.4, 0.5) is 4.79 Å². The second kappa shape index (κ2) is 5.31. The minimum absolute atomic E-state index is 0.0617. The fourth-order valence-corrected chi connectivity index (χ4v) is 2.15. The summed E-state index contributed by atoms with van der Waals surface area (Å²) in [5.74, 6) is -5.09. The average Bonchev–Trinajstić information content (AvgIpc) is 2.43. The molecule has 9 nitrogen and oxygen atoms in total. The number of Topliss-reactive ketones (excluding diaryl/α,β-unsaturated/α-hetero) is 2. The lowest BCUT2D eigenvalue weighted by molar-refractivity contribution is -0.309. The van der Waals surface area contributed by atoms with Crippen molar-refractivity contribution in [2.24, 2.45) is 5.73 Å². The molecule has 1 aliphatic carbocycles. The highest BCUT2D eigenvalue weighted by molar-refractivity contribution is 6.27. The highest BCUT2D eigenvalue weighted by atomic mass is 16.7. The summed E-state index contributed by atoms with van der Waals surface area (Å²) in [4.78, 5) is 35.8. The Hall–Kier alpha value is -2.59. The number of rotatable bonds is 3. The van der Waals surface area contributed by atoms with Gasteiger partial charge in [0.05, 0.1) is 6.42 Å². The Labute approximate surface area is 123 Å². The summed E-state index contributed by atoms with van der Waals surface area (Å²) in [5, 5.41) is 36.5. The third-order valence-electron chi connectivity index (χ3n) is 3.03. The fraction of sp³-hybridized carbons (Fsp3) is 0.154. The molecule has 0 heterocycles. The second-order valence-electron chi connectivity index (χ2n) is 4.63. The van der Waals surface area contributed by atoms with Gasteiger partial charge in [-0.25, -0.2) is 4.79 Å². The van der Waals surface area contributed by atoms with E-state index in [0.29, 0.717) is 0 Å². The van der Waals surface area contributed by atoms with E-state index in [-0.39, 0.29) is 16.2 Å². The van der Waals surface area contributed by atoms with Gasteiger partial charge in [0.15, 0.2) is 5.78 Å². The van der Waals surface area contributed by atoms with Crippen LogP contribution in [0.5, 0.6) is 0 Å². The van der Waals surface area contributed by atoms with Crippen molar-refractivity contribution < 1.29 is 34.9 Å². The third-order valence-corrected chi connectivity index (χ3v) is 3.03. The molecular weight excluding hydrogens is 296 g/mol. The Bertz CT molecular complexity index is 703. The first-order valence-electron chi connectivity index (χ1n) is 6.00. The zero-order chi connectivity index (χ0) is 16.7. The largest absolute Gasteiger partial charge is 0.349 e. The van der Waals surface area contributed by atoms with E-state index in [4.69, 9.17) is 21.1 Å². The van der Waals surface area contributed by atoms with Gasteiger partial charge in [-0.15, -0.1) is 0 Å². The molecule has 0 saturated carbocycles. The molecule has 1 aromatic carbocycles. The van der Waals surface area contributed by atoms with E-state index in [1.54, 1.807) is 0 Å². The number of hydrogen-bond acceptors (Lipinski definition) is 7. The van der Waals surface area contributed by atoms with Crippen molar-refractivity contribution in [2.45, 2.75) is 12.4 Å². The van der Waals surface area contributed by atoms with Gasteiger partial charge in [0.25, 0.3) is 5.97 Å². The molecule has 0 radical (unpaired) electrons. The minimum atomic E-state index is -3.32. The Kier molecular flexibility index (Phi) is 3.81. The summed E-state index contributed by atoms with van der Waals surface area (Å²) < 4.78 is 0. The van der Waals surface area contributed by atoms with E-state index >= 15 is 0 Å². The Balaban J connectivity index is 2.68. The molecule has 9 heteroatoms. The highest BCUT2D eigenvalue weighted by Crippen LogP contribution is 2.31. The van der Waals surface area contributed by atoms with Gasteiger partial charge >= 0.3 is 6.03 Å². The molecule has 22 heavy (non-hydrogen) atoms. The van der Waals surface area contributed by atoms with Crippen LogP contribution in [0.25, 0.3) is 0 Å². The number of benzene rings is 1. The van der Waals surface area contributed by atoms with Gasteiger partial charge < -0.3 is 21.1 Å². The lowest BCUT2D eigenvalue weighted by atomic mass is 9.85. The molecule has 0 fully saturated rings. The van der Waals surface area contributed by atoms with Crippen molar-refractivity contribution in [2.75, 3.05) is 0 Å². The van der Waals surface area contributed by atoms with Crippen LogP contribution in [0, 0.1) is 0 Å². The van der Waals surface area contributed by atoms with Crippen LogP contribution >= 0.6 is 0 Å². The number of aliphatic hydroxyl groups is 3. The van der Waals surface area contributed by atoms with E-state index in [2.05, 4.69) is 0 Å². The number of fused-ring (bicyclic) bond motifs is 1. The fourth-order valence-electron chi connectivity index (χ4n) is 2.15. The van der Waals surface area contributed by atoms with Crippen LogP contribution in [0.15, 0.2) is 35.5 Å². The van der Waals surface area contributed by atoms with E-state index in [1.807, 2.05) is 0 Å². The number of hydroxylamine groups is 2. The van der Waals surface area contributed by atoms with Crippen molar-refractivity contribution in [1.82, 2.24) is 5.06 Å². The highest BCUT2D eigenvalue weighted by Gasteiger charge is 2.39. The van der Waals surface area contributed by atoms with E-state index in [1.165, 1.54) is 24.3 Å². The molecule has 0 aliphatic heterocycles.